The number of H-pyrrole nitrogens is 1. The van der Waals surface area contributed by atoms with E-state index < -0.39 is 12.1 Å². The number of carboxylic acid groups (broad SMARTS) is 2. The molecule has 1 aromatic carbocycles. The summed E-state index contributed by atoms with van der Waals surface area (Å²) in [6, 6.07) is 4.92. The minimum absolute atomic E-state index is 0.0826. The lowest BCUT2D eigenvalue weighted by Gasteiger charge is -2.11. The van der Waals surface area contributed by atoms with Gasteiger partial charge in [0.15, 0.2) is 5.96 Å². The number of esters is 1. The number of nitrogens with one attached hydrogen (secondary N) is 2. The molecule has 2 rings (SSSR count). The van der Waals surface area contributed by atoms with Crippen LogP contribution in [0.25, 0.3) is 0 Å². The molecule has 0 bridgehead atoms. The number of aromatic nitrogens is 2. The lowest BCUT2D eigenvalue weighted by atomic mass is 10.0. The van der Waals surface area contributed by atoms with Gasteiger partial charge in [0.05, 0.1) is 25.5 Å². The summed E-state index contributed by atoms with van der Waals surface area (Å²) < 4.78 is 9.96. The van der Waals surface area contributed by atoms with Crippen LogP contribution >= 0.6 is 0 Å². The summed E-state index contributed by atoms with van der Waals surface area (Å²) in [5.41, 5.74) is 16.4. The van der Waals surface area contributed by atoms with Gasteiger partial charge in [0, 0.05) is 12.0 Å². The van der Waals surface area contributed by atoms with Crippen LogP contribution in [0.15, 0.2) is 23.0 Å². The van der Waals surface area contributed by atoms with Crippen molar-refractivity contribution >= 4 is 24.0 Å². The number of nitrogen functional groups attached to an aromatic ring is 1. The number of hydrogen-bond acceptors (Lipinski definition) is 8. The number of anilines is 1. The van der Waals surface area contributed by atoms with E-state index >= 15 is 0 Å². The zero-order valence-corrected chi connectivity index (χ0v) is 16.6. The molecule has 0 spiro atoms. The molecule has 0 radical (unpaired) electrons. The number of rotatable bonds is 4. The van der Waals surface area contributed by atoms with E-state index in [9.17, 15) is 9.59 Å². The first-order chi connectivity index (χ1) is 13.9. The number of benzene rings is 1. The van der Waals surface area contributed by atoms with E-state index in [0.717, 1.165) is 5.56 Å². The molecule has 0 unspecified atom stereocenters. The Kier molecular flexibility index (Phi) is 10.5. The Bertz CT molecular complexity index is 938. The molecule has 0 saturated heterocycles. The Morgan fingerprint density at radius 1 is 1.23 bits per heavy atom. The Morgan fingerprint density at radius 2 is 1.77 bits per heavy atom. The third-order valence-electron chi connectivity index (χ3n) is 3.32. The van der Waals surface area contributed by atoms with Crippen molar-refractivity contribution in [3.8, 4) is 5.75 Å². The second-order valence-corrected chi connectivity index (χ2v) is 5.45. The average Bonchev–Trinajstić information content (AvgIpc) is 2.63. The smallest absolute Gasteiger partial charge is 0.496 e. The lowest BCUT2D eigenvalue weighted by molar-refractivity contribution is 0.0600. The second-order valence-electron chi connectivity index (χ2n) is 5.45. The molecule has 1 aromatic heterocycles. The van der Waals surface area contributed by atoms with Crippen molar-refractivity contribution in [2.24, 2.45) is 11.5 Å². The Labute approximate surface area is 170 Å². The summed E-state index contributed by atoms with van der Waals surface area (Å²) >= 11 is 0. The van der Waals surface area contributed by atoms with Crippen LogP contribution < -0.4 is 27.5 Å². The maximum Gasteiger partial charge on any atom is 0.503 e. The van der Waals surface area contributed by atoms with Gasteiger partial charge in [-0.15, -0.1) is 0 Å². The molecule has 0 aliphatic carbocycles. The van der Waals surface area contributed by atoms with Crippen LogP contribution in [0, 0.1) is 12.3 Å². The summed E-state index contributed by atoms with van der Waals surface area (Å²) in [5, 5.41) is 20.0. The summed E-state index contributed by atoms with van der Waals surface area (Å²) in [7, 11) is 2.81. The summed E-state index contributed by atoms with van der Waals surface area (Å²) in [6.07, 6.45) is -1.51. The van der Waals surface area contributed by atoms with Crippen molar-refractivity contribution in [1.82, 2.24) is 9.97 Å². The van der Waals surface area contributed by atoms with Crippen molar-refractivity contribution in [2.75, 3.05) is 20.0 Å². The van der Waals surface area contributed by atoms with Crippen molar-refractivity contribution < 1.29 is 29.3 Å². The maximum atomic E-state index is 12.0. The summed E-state index contributed by atoms with van der Waals surface area (Å²) in [4.78, 5) is 38.6. The Hall–Kier alpha value is -4.29. The number of aromatic amines is 1. The van der Waals surface area contributed by atoms with Gasteiger partial charge >= 0.3 is 12.1 Å². The predicted octanol–water partition coefficient (Wildman–Crippen LogP) is 0.107. The van der Waals surface area contributed by atoms with Gasteiger partial charge < -0.3 is 36.9 Å². The second kappa shape index (κ2) is 12.2. The molecule has 0 saturated carbocycles. The highest BCUT2D eigenvalue weighted by atomic mass is 16.6. The third kappa shape index (κ3) is 9.07. The fraction of sp³-hybridized carbons (Fsp3) is 0.235. The van der Waals surface area contributed by atoms with E-state index in [4.69, 9.17) is 30.9 Å². The van der Waals surface area contributed by atoms with Gasteiger partial charge in [-0.3, -0.25) is 15.2 Å². The first-order valence-electron chi connectivity index (χ1n) is 8.04. The predicted molar refractivity (Wildman–Crippen MR) is 108 cm³/mol. The minimum atomic E-state index is -1.83. The van der Waals surface area contributed by atoms with Crippen LogP contribution in [0.2, 0.25) is 0 Å². The standard InChI is InChI=1S/C15H17N3O4.CH5N3.CH2O3/c1-8-11(13(19)18-15(16)17-8)6-9-4-5-10(14(20)22-3)7-12(9)21-2;2*2-1(3)4/h4-5,7H,6H2,1-3H3,(H3,16,17,18,19);(H5,2,3,4);(H2,2,3,4). The van der Waals surface area contributed by atoms with E-state index in [0.29, 0.717) is 29.0 Å². The normalized spacial score (nSPS) is 9.17. The molecule has 0 aliphatic heterocycles. The van der Waals surface area contributed by atoms with E-state index in [2.05, 4.69) is 26.2 Å². The van der Waals surface area contributed by atoms with Gasteiger partial charge in [-0.25, -0.2) is 14.6 Å². The monoisotopic (exact) mass is 424 g/mol. The highest BCUT2D eigenvalue weighted by molar-refractivity contribution is 5.89. The maximum absolute atomic E-state index is 12.0. The van der Waals surface area contributed by atoms with Crippen LogP contribution in [0.3, 0.4) is 0 Å². The van der Waals surface area contributed by atoms with Gasteiger partial charge in [0.25, 0.3) is 5.56 Å². The molecule has 0 fully saturated rings. The number of nitrogens with two attached hydrogens (primary N) is 3. The number of aryl methyl sites for hydroxylation is 1. The van der Waals surface area contributed by atoms with E-state index in [1.54, 1.807) is 25.1 Å². The zero-order valence-electron chi connectivity index (χ0n) is 16.6. The van der Waals surface area contributed by atoms with Gasteiger partial charge in [-0.1, -0.05) is 6.07 Å². The molecule has 30 heavy (non-hydrogen) atoms. The van der Waals surface area contributed by atoms with Crippen LogP contribution in [-0.4, -0.2) is 52.5 Å². The summed E-state index contributed by atoms with van der Waals surface area (Å²) in [6.45, 7) is 1.72. The SMILES string of the molecule is COC(=O)c1ccc(Cc2c(C)nc(N)[nH]c2=O)c(OC)c1.N=C(N)N.O=C(O)O. The quantitative estimate of drug-likeness (QED) is 0.197. The molecule has 0 atom stereocenters. The highest BCUT2D eigenvalue weighted by Crippen LogP contribution is 2.23. The number of hydrogen-bond donors (Lipinski definition) is 7. The topological polar surface area (TPSA) is 241 Å². The highest BCUT2D eigenvalue weighted by Gasteiger charge is 2.14. The molecular weight excluding hydrogens is 400 g/mol. The number of carbonyl (C=O) groups excluding carboxylic acids is 1. The molecule has 10 N–H and O–H groups in total. The number of carbonyl (C=O) groups is 2. The molecular formula is C17H24N6O7. The zero-order chi connectivity index (χ0) is 23.4. The third-order valence-corrected chi connectivity index (χ3v) is 3.32. The molecule has 13 heteroatoms. The van der Waals surface area contributed by atoms with Gasteiger partial charge in [-0.05, 0) is 24.6 Å². The first kappa shape index (κ1) is 25.7. The fourth-order valence-corrected chi connectivity index (χ4v) is 2.17. The van der Waals surface area contributed by atoms with E-state index in [-0.39, 0.29) is 17.5 Å². The van der Waals surface area contributed by atoms with Crippen molar-refractivity contribution in [3.63, 3.8) is 0 Å². The average molecular weight is 424 g/mol. The summed E-state index contributed by atoms with van der Waals surface area (Å²) in [5.74, 6) is -0.203. The molecule has 1 heterocycles. The fourth-order valence-electron chi connectivity index (χ4n) is 2.17. The van der Waals surface area contributed by atoms with Crippen molar-refractivity contribution in [2.45, 2.75) is 13.3 Å². The minimum Gasteiger partial charge on any atom is -0.496 e. The lowest BCUT2D eigenvalue weighted by Crippen LogP contribution is -2.20. The van der Waals surface area contributed by atoms with Gasteiger partial charge in [-0.2, -0.15) is 0 Å². The number of guanidine groups is 1. The molecule has 13 nitrogen and oxygen atoms in total. The largest absolute Gasteiger partial charge is 0.503 e. The molecule has 164 valence electrons. The molecule has 2 aromatic rings. The van der Waals surface area contributed by atoms with Crippen molar-refractivity contribution in [3.05, 3.63) is 50.9 Å². The van der Waals surface area contributed by atoms with Crippen LogP contribution in [0.1, 0.15) is 27.2 Å². The van der Waals surface area contributed by atoms with Crippen molar-refractivity contribution in [1.29, 1.82) is 5.41 Å². The van der Waals surface area contributed by atoms with Crippen LogP contribution in [0.4, 0.5) is 10.7 Å². The Balaban J connectivity index is 0.000000901. The molecule has 0 aliphatic rings. The van der Waals surface area contributed by atoms with E-state index in [1.165, 1.54) is 14.2 Å². The van der Waals surface area contributed by atoms with Crippen LogP contribution in [-0.2, 0) is 11.2 Å². The van der Waals surface area contributed by atoms with Gasteiger partial charge in [0.1, 0.15) is 5.75 Å². The Morgan fingerprint density at radius 3 is 2.20 bits per heavy atom. The number of nitrogens with zero attached hydrogens (tertiary/aromatic N) is 1. The van der Waals surface area contributed by atoms with Crippen LogP contribution in [0.5, 0.6) is 5.75 Å². The molecule has 0 amide bonds. The van der Waals surface area contributed by atoms with E-state index in [1.807, 2.05) is 0 Å². The first-order valence-corrected chi connectivity index (χ1v) is 8.04. The number of ether oxygens (including phenoxy) is 2. The van der Waals surface area contributed by atoms with Gasteiger partial charge in [0.2, 0.25) is 5.95 Å². The number of methoxy groups -OCH3 is 2.